The van der Waals surface area contributed by atoms with Crippen LogP contribution in [0.5, 0.6) is 0 Å². The molecule has 100 valence electrons. The number of rotatable bonds is 2. The van der Waals surface area contributed by atoms with Crippen LogP contribution < -0.4 is 0 Å². The summed E-state index contributed by atoms with van der Waals surface area (Å²) >= 11 is 0. The molecule has 1 aliphatic rings. The van der Waals surface area contributed by atoms with Crippen molar-refractivity contribution in [2.45, 2.75) is 26.2 Å². The minimum atomic E-state index is 0.219. The number of fused-ring (bicyclic) bond motifs is 1. The summed E-state index contributed by atoms with van der Waals surface area (Å²) in [6.45, 7) is 6.73. The van der Waals surface area contributed by atoms with Crippen LogP contribution in [-0.2, 0) is 5.41 Å². The molecule has 0 heteroatoms. The van der Waals surface area contributed by atoms with Crippen molar-refractivity contribution in [3.05, 3.63) is 70.3 Å². The van der Waals surface area contributed by atoms with Crippen molar-refractivity contribution in [2.24, 2.45) is 0 Å². The van der Waals surface area contributed by atoms with Gasteiger partial charge in [0.05, 0.1) is 0 Å². The number of benzene rings is 2. The smallest absolute Gasteiger partial charge is 0.0132 e. The van der Waals surface area contributed by atoms with Crippen LogP contribution in [0.25, 0.3) is 24.3 Å². The molecule has 0 aromatic heterocycles. The van der Waals surface area contributed by atoms with E-state index in [1.54, 1.807) is 0 Å². The van der Waals surface area contributed by atoms with Gasteiger partial charge in [0.1, 0.15) is 0 Å². The van der Waals surface area contributed by atoms with E-state index in [2.05, 4.69) is 87.5 Å². The van der Waals surface area contributed by atoms with E-state index in [4.69, 9.17) is 0 Å². The molecular formula is C20H20. The lowest BCUT2D eigenvalue weighted by molar-refractivity contribution is 0.590. The highest BCUT2D eigenvalue weighted by atomic mass is 14.2. The Hall–Kier alpha value is -2.08. The zero-order chi connectivity index (χ0) is 14.2. The van der Waals surface area contributed by atoms with E-state index in [9.17, 15) is 0 Å². The molecule has 3 rings (SSSR count). The average Bonchev–Trinajstić information content (AvgIpc) is 2.38. The molecule has 0 saturated carbocycles. The van der Waals surface area contributed by atoms with Crippen molar-refractivity contribution in [1.82, 2.24) is 0 Å². The molecule has 0 atom stereocenters. The third-order valence-corrected chi connectivity index (χ3v) is 3.80. The van der Waals surface area contributed by atoms with Crippen LogP contribution in [0, 0.1) is 0 Å². The summed E-state index contributed by atoms with van der Waals surface area (Å²) in [6, 6.07) is 15.4. The monoisotopic (exact) mass is 260 g/mol. The Morgan fingerprint density at radius 3 is 1.85 bits per heavy atom. The summed E-state index contributed by atoms with van der Waals surface area (Å²) in [5.41, 5.74) is 6.79. The lowest BCUT2D eigenvalue weighted by Gasteiger charge is -2.18. The highest BCUT2D eigenvalue weighted by Gasteiger charge is 2.12. The van der Waals surface area contributed by atoms with Crippen LogP contribution in [0.4, 0.5) is 0 Å². The Bertz CT molecular complexity index is 677. The molecule has 0 nitrogen and oxygen atoms in total. The maximum absolute atomic E-state index is 2.24. The standard InChI is InChI=1S/C20H20/c1-20(2,3)19-12-7-15(8-13-19)4-5-16-6-9-17-10-11-18(17)14-16/h4-14H,1-3H3. The van der Waals surface area contributed by atoms with Crippen molar-refractivity contribution < 1.29 is 0 Å². The van der Waals surface area contributed by atoms with Crippen LogP contribution in [0.1, 0.15) is 48.6 Å². The first-order chi connectivity index (χ1) is 9.52. The summed E-state index contributed by atoms with van der Waals surface area (Å²) in [5.74, 6) is 0. The van der Waals surface area contributed by atoms with Crippen LogP contribution in [0.2, 0.25) is 0 Å². The minimum absolute atomic E-state index is 0.219. The lowest BCUT2D eigenvalue weighted by atomic mass is 9.86. The van der Waals surface area contributed by atoms with Crippen molar-refractivity contribution in [3.63, 3.8) is 0 Å². The molecule has 0 radical (unpaired) electrons. The normalized spacial score (nSPS) is 13.3. The molecule has 2 aromatic carbocycles. The van der Waals surface area contributed by atoms with Crippen molar-refractivity contribution >= 4 is 24.3 Å². The molecule has 1 aliphatic carbocycles. The minimum Gasteiger partial charge on any atom is -0.0579 e. The molecule has 0 bridgehead atoms. The maximum Gasteiger partial charge on any atom is -0.0132 e. The molecule has 0 heterocycles. The van der Waals surface area contributed by atoms with Gasteiger partial charge in [-0.3, -0.25) is 0 Å². The molecule has 0 amide bonds. The van der Waals surface area contributed by atoms with Crippen molar-refractivity contribution in [2.75, 3.05) is 0 Å². The summed E-state index contributed by atoms with van der Waals surface area (Å²) in [7, 11) is 0. The molecule has 0 spiro atoms. The van der Waals surface area contributed by atoms with Gasteiger partial charge in [-0.15, -0.1) is 0 Å². The summed E-state index contributed by atoms with van der Waals surface area (Å²) in [5, 5.41) is 0. The van der Waals surface area contributed by atoms with Gasteiger partial charge in [-0.25, -0.2) is 0 Å². The molecule has 0 N–H and O–H groups in total. The Balaban J connectivity index is 1.77. The first-order valence-corrected chi connectivity index (χ1v) is 7.13. The average molecular weight is 260 g/mol. The zero-order valence-corrected chi connectivity index (χ0v) is 12.4. The fourth-order valence-electron chi connectivity index (χ4n) is 2.36. The predicted molar refractivity (Wildman–Crippen MR) is 89.4 cm³/mol. The van der Waals surface area contributed by atoms with E-state index >= 15 is 0 Å². The highest BCUT2D eigenvalue weighted by Crippen LogP contribution is 2.25. The van der Waals surface area contributed by atoms with Crippen LogP contribution in [0.3, 0.4) is 0 Å². The van der Waals surface area contributed by atoms with Crippen LogP contribution >= 0.6 is 0 Å². The topological polar surface area (TPSA) is 0 Å². The van der Waals surface area contributed by atoms with E-state index in [1.165, 1.54) is 27.8 Å². The van der Waals surface area contributed by atoms with Gasteiger partial charge in [0.25, 0.3) is 0 Å². The third kappa shape index (κ3) is 2.60. The van der Waals surface area contributed by atoms with Gasteiger partial charge in [0.15, 0.2) is 0 Å². The largest absolute Gasteiger partial charge is 0.0579 e. The van der Waals surface area contributed by atoms with Gasteiger partial charge in [-0.2, -0.15) is 0 Å². The first kappa shape index (κ1) is 12.9. The van der Waals surface area contributed by atoms with E-state index in [0.717, 1.165) is 0 Å². The van der Waals surface area contributed by atoms with Gasteiger partial charge in [0, 0.05) is 0 Å². The lowest BCUT2D eigenvalue weighted by Crippen LogP contribution is -2.10. The fraction of sp³-hybridized carbons (Fsp3) is 0.200. The molecular weight excluding hydrogens is 240 g/mol. The molecule has 20 heavy (non-hydrogen) atoms. The summed E-state index contributed by atoms with van der Waals surface area (Å²) in [4.78, 5) is 0. The molecule has 0 unspecified atom stereocenters. The Morgan fingerprint density at radius 2 is 1.30 bits per heavy atom. The summed E-state index contributed by atoms with van der Waals surface area (Å²) < 4.78 is 0. The second-order valence-electron chi connectivity index (χ2n) is 6.43. The number of hydrogen-bond donors (Lipinski definition) is 0. The number of hydrogen-bond acceptors (Lipinski definition) is 0. The molecule has 2 aromatic rings. The summed E-state index contributed by atoms with van der Waals surface area (Å²) in [6.07, 6.45) is 8.66. The van der Waals surface area contributed by atoms with Crippen LogP contribution in [0.15, 0.2) is 42.5 Å². The SMILES string of the molecule is CC(C)(C)c1ccc(C=Cc2ccc3c(c2)C=C3)cc1. The van der Waals surface area contributed by atoms with Crippen LogP contribution in [-0.4, -0.2) is 0 Å². The quantitative estimate of drug-likeness (QED) is 0.523. The highest BCUT2D eigenvalue weighted by molar-refractivity contribution is 5.87. The Kier molecular flexibility index (Phi) is 3.10. The van der Waals surface area contributed by atoms with Gasteiger partial charge in [-0.05, 0) is 39.3 Å². The third-order valence-electron chi connectivity index (χ3n) is 3.80. The Morgan fingerprint density at radius 1 is 0.700 bits per heavy atom. The molecule has 0 fully saturated rings. The maximum atomic E-state index is 2.24. The van der Waals surface area contributed by atoms with Gasteiger partial charge < -0.3 is 0 Å². The predicted octanol–water partition coefficient (Wildman–Crippen LogP) is 5.64. The van der Waals surface area contributed by atoms with E-state index in [1.807, 2.05) is 0 Å². The fourth-order valence-corrected chi connectivity index (χ4v) is 2.36. The first-order valence-electron chi connectivity index (χ1n) is 7.13. The van der Waals surface area contributed by atoms with Crippen molar-refractivity contribution in [1.29, 1.82) is 0 Å². The molecule has 0 aliphatic heterocycles. The Labute approximate surface area is 121 Å². The van der Waals surface area contributed by atoms with Crippen molar-refractivity contribution in [3.8, 4) is 0 Å². The van der Waals surface area contributed by atoms with E-state index in [0.29, 0.717) is 0 Å². The second kappa shape index (κ2) is 4.79. The van der Waals surface area contributed by atoms with Gasteiger partial charge in [-0.1, -0.05) is 81.5 Å². The van der Waals surface area contributed by atoms with E-state index < -0.39 is 0 Å². The van der Waals surface area contributed by atoms with E-state index in [-0.39, 0.29) is 5.41 Å². The zero-order valence-electron chi connectivity index (χ0n) is 12.4. The van der Waals surface area contributed by atoms with Gasteiger partial charge >= 0.3 is 0 Å². The molecule has 0 saturated heterocycles. The second-order valence-corrected chi connectivity index (χ2v) is 6.43. The van der Waals surface area contributed by atoms with Gasteiger partial charge in [0.2, 0.25) is 0 Å².